The maximum Gasteiger partial charge on any atom is 0.268 e. The van der Waals surface area contributed by atoms with Gasteiger partial charge in [0.25, 0.3) is 11.8 Å². The van der Waals surface area contributed by atoms with Crippen molar-refractivity contribution in [3.05, 3.63) is 54.1 Å². The van der Waals surface area contributed by atoms with E-state index in [0.29, 0.717) is 5.75 Å². The van der Waals surface area contributed by atoms with Gasteiger partial charge in [0, 0.05) is 11.1 Å². The second-order valence-corrected chi connectivity index (χ2v) is 5.45. The molecular weight excluding hydrogens is 324 g/mol. The number of amides is 2. The minimum absolute atomic E-state index is 0.257. The van der Waals surface area contributed by atoms with Crippen LogP contribution in [0.5, 0.6) is 5.75 Å². The van der Waals surface area contributed by atoms with E-state index in [1.807, 2.05) is 30.3 Å². The summed E-state index contributed by atoms with van der Waals surface area (Å²) in [6.07, 6.45) is -1.18. The highest BCUT2D eigenvalue weighted by molar-refractivity contribution is 5.98. The molecule has 0 unspecified atom stereocenters. The standard InChI is InChI=1S/C18H20N2O5/c1-11(21)16(18(23)20-24)19-17(22)13-8-9-14(15(10-13)25-2)12-6-4-3-5-7-12/h3-11,16,21,24H,1-2H3,(H,19,22)(H,20,23)/t11-,16+/m1/s1. The summed E-state index contributed by atoms with van der Waals surface area (Å²) in [5.41, 5.74) is 3.43. The molecule has 2 rings (SSSR count). The molecule has 0 aliphatic rings. The van der Waals surface area contributed by atoms with Crippen molar-refractivity contribution < 1.29 is 24.6 Å². The summed E-state index contributed by atoms with van der Waals surface area (Å²) >= 11 is 0. The molecule has 132 valence electrons. The molecule has 2 atom stereocenters. The third-order valence-electron chi connectivity index (χ3n) is 3.71. The molecule has 25 heavy (non-hydrogen) atoms. The lowest BCUT2D eigenvalue weighted by atomic mass is 10.0. The van der Waals surface area contributed by atoms with Crippen molar-refractivity contribution in [1.29, 1.82) is 0 Å². The Bertz CT molecular complexity index is 746. The van der Waals surface area contributed by atoms with Crippen molar-refractivity contribution in [1.82, 2.24) is 10.8 Å². The Morgan fingerprint density at radius 1 is 1.12 bits per heavy atom. The lowest BCUT2D eigenvalue weighted by Gasteiger charge is -2.19. The first-order chi connectivity index (χ1) is 12.0. The normalized spacial score (nSPS) is 12.8. The van der Waals surface area contributed by atoms with Gasteiger partial charge in [-0.2, -0.15) is 0 Å². The van der Waals surface area contributed by atoms with Gasteiger partial charge in [-0.3, -0.25) is 14.8 Å². The van der Waals surface area contributed by atoms with Gasteiger partial charge in [-0.25, -0.2) is 5.48 Å². The second-order valence-electron chi connectivity index (χ2n) is 5.45. The highest BCUT2D eigenvalue weighted by Crippen LogP contribution is 2.30. The van der Waals surface area contributed by atoms with Gasteiger partial charge in [-0.15, -0.1) is 0 Å². The quantitative estimate of drug-likeness (QED) is 0.467. The summed E-state index contributed by atoms with van der Waals surface area (Å²) in [6.45, 7) is 1.33. The number of carbonyl (C=O) groups excluding carboxylic acids is 2. The van der Waals surface area contributed by atoms with Crippen LogP contribution in [0.3, 0.4) is 0 Å². The van der Waals surface area contributed by atoms with Crippen LogP contribution in [0.2, 0.25) is 0 Å². The zero-order valence-electron chi connectivity index (χ0n) is 13.9. The fourth-order valence-electron chi connectivity index (χ4n) is 2.39. The van der Waals surface area contributed by atoms with E-state index in [1.54, 1.807) is 18.2 Å². The number of benzene rings is 2. The smallest absolute Gasteiger partial charge is 0.268 e. The van der Waals surface area contributed by atoms with E-state index in [4.69, 9.17) is 9.94 Å². The van der Waals surface area contributed by atoms with Crippen LogP contribution in [-0.4, -0.2) is 41.4 Å². The van der Waals surface area contributed by atoms with E-state index < -0.39 is 24.0 Å². The Labute approximate surface area is 145 Å². The largest absolute Gasteiger partial charge is 0.496 e. The number of aliphatic hydroxyl groups excluding tert-OH is 1. The number of hydroxylamine groups is 1. The number of hydrogen-bond donors (Lipinski definition) is 4. The molecule has 0 aliphatic heterocycles. The molecule has 2 amide bonds. The molecular formula is C18H20N2O5. The first-order valence-electron chi connectivity index (χ1n) is 7.64. The van der Waals surface area contributed by atoms with Gasteiger partial charge in [-0.1, -0.05) is 30.3 Å². The van der Waals surface area contributed by atoms with Gasteiger partial charge < -0.3 is 15.2 Å². The molecule has 0 radical (unpaired) electrons. The third kappa shape index (κ3) is 4.34. The number of ether oxygens (including phenoxy) is 1. The number of nitrogens with one attached hydrogen (secondary N) is 2. The lowest BCUT2D eigenvalue weighted by Crippen LogP contribution is -2.51. The molecule has 7 heteroatoms. The molecule has 2 aromatic rings. The Kier molecular flexibility index (Phi) is 6.10. The molecule has 4 N–H and O–H groups in total. The molecule has 0 aliphatic carbocycles. The summed E-state index contributed by atoms with van der Waals surface area (Å²) in [7, 11) is 1.50. The Morgan fingerprint density at radius 2 is 1.80 bits per heavy atom. The zero-order valence-corrected chi connectivity index (χ0v) is 13.9. The van der Waals surface area contributed by atoms with Crippen LogP contribution in [0.15, 0.2) is 48.5 Å². The average Bonchev–Trinajstić information content (AvgIpc) is 2.65. The van der Waals surface area contributed by atoms with E-state index in [2.05, 4.69) is 5.32 Å². The SMILES string of the molecule is COc1cc(C(=O)N[C@H](C(=O)NO)[C@@H](C)O)ccc1-c1ccccc1. The van der Waals surface area contributed by atoms with Crippen molar-refractivity contribution in [2.75, 3.05) is 7.11 Å². The molecule has 0 spiro atoms. The van der Waals surface area contributed by atoms with E-state index in [9.17, 15) is 14.7 Å². The van der Waals surface area contributed by atoms with Crippen LogP contribution in [0.25, 0.3) is 11.1 Å². The van der Waals surface area contributed by atoms with Gasteiger partial charge in [0.15, 0.2) is 0 Å². The van der Waals surface area contributed by atoms with Crippen molar-refractivity contribution >= 4 is 11.8 Å². The maximum atomic E-state index is 12.4. The monoisotopic (exact) mass is 344 g/mol. The number of rotatable bonds is 6. The predicted octanol–water partition coefficient (Wildman–Crippen LogP) is 1.35. The van der Waals surface area contributed by atoms with E-state index in [-0.39, 0.29) is 5.56 Å². The van der Waals surface area contributed by atoms with Crippen molar-refractivity contribution in [2.24, 2.45) is 0 Å². The van der Waals surface area contributed by atoms with Crippen LogP contribution in [0.1, 0.15) is 17.3 Å². The molecule has 0 bridgehead atoms. The van der Waals surface area contributed by atoms with Crippen LogP contribution >= 0.6 is 0 Å². The van der Waals surface area contributed by atoms with Crippen LogP contribution in [-0.2, 0) is 4.79 Å². The predicted molar refractivity (Wildman–Crippen MR) is 91.3 cm³/mol. The minimum Gasteiger partial charge on any atom is -0.496 e. The number of aliphatic hydroxyl groups is 1. The first-order valence-corrected chi connectivity index (χ1v) is 7.64. The van der Waals surface area contributed by atoms with Crippen molar-refractivity contribution in [3.8, 4) is 16.9 Å². The molecule has 0 fully saturated rings. The van der Waals surface area contributed by atoms with Gasteiger partial charge in [0.05, 0.1) is 13.2 Å². The first kappa shape index (κ1) is 18.4. The highest BCUT2D eigenvalue weighted by atomic mass is 16.5. The van der Waals surface area contributed by atoms with Crippen LogP contribution in [0.4, 0.5) is 0 Å². The molecule has 7 nitrogen and oxygen atoms in total. The fraction of sp³-hybridized carbons (Fsp3) is 0.222. The Hall–Kier alpha value is -2.90. The Balaban J connectivity index is 2.28. The molecule has 2 aromatic carbocycles. The van der Waals surface area contributed by atoms with Crippen LogP contribution in [0, 0.1) is 0 Å². The lowest BCUT2D eigenvalue weighted by molar-refractivity contribution is -0.133. The molecule has 0 saturated carbocycles. The Morgan fingerprint density at radius 3 is 2.36 bits per heavy atom. The van der Waals surface area contributed by atoms with Gasteiger partial charge in [0.2, 0.25) is 0 Å². The van der Waals surface area contributed by atoms with Gasteiger partial charge >= 0.3 is 0 Å². The van der Waals surface area contributed by atoms with E-state index >= 15 is 0 Å². The van der Waals surface area contributed by atoms with Gasteiger partial charge in [0.1, 0.15) is 11.8 Å². The zero-order chi connectivity index (χ0) is 18.4. The minimum atomic E-state index is -1.28. The average molecular weight is 344 g/mol. The third-order valence-corrected chi connectivity index (χ3v) is 3.71. The molecule has 0 aromatic heterocycles. The summed E-state index contributed by atoms with van der Waals surface area (Å²) in [6, 6.07) is 13.2. The van der Waals surface area contributed by atoms with E-state index in [0.717, 1.165) is 11.1 Å². The molecule has 0 saturated heterocycles. The topological polar surface area (TPSA) is 108 Å². The summed E-state index contributed by atoms with van der Waals surface area (Å²) in [5.74, 6) is -0.984. The van der Waals surface area contributed by atoms with Crippen LogP contribution < -0.4 is 15.5 Å². The second kappa shape index (κ2) is 8.27. The van der Waals surface area contributed by atoms with E-state index in [1.165, 1.54) is 19.5 Å². The molecule has 0 heterocycles. The number of carbonyl (C=O) groups is 2. The number of methoxy groups -OCH3 is 1. The fourth-order valence-corrected chi connectivity index (χ4v) is 2.39. The summed E-state index contributed by atoms with van der Waals surface area (Å²) in [4.78, 5) is 23.9. The summed E-state index contributed by atoms with van der Waals surface area (Å²) < 4.78 is 5.36. The number of hydrogen-bond acceptors (Lipinski definition) is 5. The highest BCUT2D eigenvalue weighted by Gasteiger charge is 2.26. The van der Waals surface area contributed by atoms with Gasteiger partial charge in [-0.05, 0) is 30.7 Å². The maximum absolute atomic E-state index is 12.4. The van der Waals surface area contributed by atoms with Crippen molar-refractivity contribution in [3.63, 3.8) is 0 Å². The van der Waals surface area contributed by atoms with Crippen molar-refractivity contribution in [2.45, 2.75) is 19.1 Å². The summed E-state index contributed by atoms with van der Waals surface area (Å²) in [5, 5.41) is 20.7.